The van der Waals surface area contributed by atoms with E-state index in [1.165, 1.54) is 52.0 Å². The molecular formula is C55H82N12O16S3. The lowest BCUT2D eigenvalue weighted by molar-refractivity contribution is -0.145. The lowest BCUT2D eigenvalue weighted by atomic mass is 10.0. The molecule has 86 heavy (non-hydrogen) atoms. The first kappa shape index (κ1) is 69.9. The summed E-state index contributed by atoms with van der Waals surface area (Å²) in [5, 5.41) is 42.5. The van der Waals surface area contributed by atoms with Crippen molar-refractivity contribution in [3.63, 3.8) is 0 Å². The SMILES string of the molecule is CSCC[C@@H]1NC(=O)[C@@H]2CCCN2C(=O)[C@@H]2CSCc3cc(cc(c3)OCCCCCCO/N=C/C(=O)N[C@@H](CCC(N)=O)C(=O)N2)CSC[C@@H](C(N)=O)NC(=O)[C@H]([C@@H](C)O)NC(=O)[C@@H]2CCCN2C(=O)[C@H](C(C)C)NC(=O)[C@H](CC(=O)O)NC1=O. The van der Waals surface area contributed by atoms with Crippen molar-refractivity contribution in [1.82, 2.24) is 47.0 Å². The van der Waals surface area contributed by atoms with Crippen molar-refractivity contribution in [1.29, 1.82) is 0 Å². The molecule has 0 saturated carbocycles. The number of benzene rings is 1. The number of fused-ring (bicyclic) bond motifs is 7. The Morgan fingerprint density at radius 3 is 1.85 bits per heavy atom. The Hall–Kier alpha value is -6.86. The molecule has 13 N–H and O–H groups in total. The summed E-state index contributed by atoms with van der Waals surface area (Å²) in [6, 6.07) is -7.19. The van der Waals surface area contributed by atoms with E-state index in [-0.39, 0.29) is 74.8 Å². The van der Waals surface area contributed by atoms with E-state index < -0.39 is 144 Å². The van der Waals surface area contributed by atoms with Gasteiger partial charge in [0.1, 0.15) is 72.9 Å². The van der Waals surface area contributed by atoms with Crippen LogP contribution in [0.15, 0.2) is 23.4 Å². The van der Waals surface area contributed by atoms with Crippen LogP contribution in [0.5, 0.6) is 5.75 Å². The van der Waals surface area contributed by atoms with E-state index in [2.05, 4.69) is 42.4 Å². The van der Waals surface area contributed by atoms with E-state index in [0.717, 1.165) is 30.2 Å². The average Bonchev–Trinajstić information content (AvgIpc) is 3.84. The highest BCUT2D eigenvalue weighted by molar-refractivity contribution is 7.99. The zero-order valence-corrected chi connectivity index (χ0v) is 51.3. The number of nitrogens with zero attached hydrogens (tertiary/aromatic N) is 3. The van der Waals surface area contributed by atoms with Gasteiger partial charge in [-0.1, -0.05) is 25.1 Å². The number of nitrogens with two attached hydrogens (primary N) is 2. The molecule has 0 radical (unpaired) electrons. The van der Waals surface area contributed by atoms with Crippen LogP contribution in [0.4, 0.5) is 0 Å². The molecule has 1 aromatic carbocycles. The monoisotopic (exact) mass is 1260 g/mol. The third-order valence-corrected chi connectivity index (χ3v) is 17.4. The van der Waals surface area contributed by atoms with E-state index in [4.69, 9.17) is 21.0 Å². The van der Waals surface area contributed by atoms with Gasteiger partial charge in [0, 0.05) is 42.5 Å². The predicted octanol–water partition coefficient (Wildman–Crippen LogP) is -1.49. The van der Waals surface area contributed by atoms with E-state index in [9.17, 15) is 67.7 Å². The molecule has 4 aliphatic rings. The predicted molar refractivity (Wildman–Crippen MR) is 320 cm³/mol. The van der Waals surface area contributed by atoms with E-state index in [1.807, 2.05) is 18.2 Å². The lowest BCUT2D eigenvalue weighted by Gasteiger charge is -2.32. The van der Waals surface area contributed by atoms with Gasteiger partial charge in [-0.3, -0.25) is 57.5 Å². The third-order valence-electron chi connectivity index (χ3n) is 14.6. The van der Waals surface area contributed by atoms with Crippen molar-refractivity contribution < 1.29 is 77.3 Å². The van der Waals surface area contributed by atoms with Crippen LogP contribution < -0.4 is 53.4 Å². The summed E-state index contributed by atoms with van der Waals surface area (Å²) < 4.78 is 6.24. The third kappa shape index (κ3) is 21.8. The highest BCUT2D eigenvalue weighted by Gasteiger charge is 2.43. The van der Waals surface area contributed by atoms with Crippen molar-refractivity contribution in [2.24, 2.45) is 22.5 Å². The molecule has 10 atom stereocenters. The van der Waals surface area contributed by atoms with Gasteiger partial charge in [-0.05, 0) is 112 Å². The van der Waals surface area contributed by atoms with Gasteiger partial charge >= 0.3 is 5.97 Å². The standard InChI is InChI=1S/C55H82N12O16S3/c1-30(2)45-55(81)67-17-10-12-41(67)52(78)65-46(31(3)68)53(79)62-38(47(57)73)28-85-26-32-21-33-23-34(22-32)82-18-7-5-6-8-19-83-58-25-43(70)59-35(13-14-42(56)69)48(74)63-39(29-86-27-33)54(80)66-16-9-11-40(66)51(77)60-36(15-20-84-4)49(75)61-37(24-44(71)72)50(76)64-45/h21-23,25,30-31,35-41,45-46,68H,5-20,24,26-29H2,1-4H3,(H2,56,69)(H2,57,73)(H,59,70)(H,60,77)(H,61,75)(H,62,79)(H,63,74)(H,64,76)(H,65,78)(H,71,72)/b58-25+/t31-,35+,36+,37+,38+,39+,40+,41+,45+,46+/m1/s1. The van der Waals surface area contributed by atoms with Gasteiger partial charge in [0.15, 0.2) is 0 Å². The minimum absolute atomic E-state index is 0.0210. The number of nitrogens with one attached hydrogen (secondary N) is 7. The first-order valence-corrected chi connectivity index (χ1v) is 32.4. The number of hydrogen-bond donors (Lipinski definition) is 11. The van der Waals surface area contributed by atoms with Gasteiger partial charge in [0.2, 0.25) is 59.1 Å². The first-order valence-electron chi connectivity index (χ1n) is 28.7. The maximum absolute atomic E-state index is 15.0. The van der Waals surface area contributed by atoms with Crippen molar-refractivity contribution in [3.8, 4) is 5.75 Å². The maximum Gasteiger partial charge on any atom is 0.305 e. The smallest absolute Gasteiger partial charge is 0.305 e. The number of ether oxygens (including phenoxy) is 1. The Morgan fingerprint density at radius 2 is 1.24 bits per heavy atom. The van der Waals surface area contributed by atoms with Crippen LogP contribution in [0.3, 0.4) is 0 Å². The number of hydrogen-bond acceptors (Lipinski definition) is 19. The summed E-state index contributed by atoms with van der Waals surface area (Å²) in [7, 11) is 0. The quantitative estimate of drug-likeness (QED) is 0.120. The number of rotatable bonds is 11. The summed E-state index contributed by atoms with van der Waals surface area (Å²) >= 11 is 3.79. The second-order valence-corrected chi connectivity index (χ2v) is 24.8. The molecule has 11 amide bonds. The van der Waals surface area contributed by atoms with Crippen molar-refractivity contribution in [2.75, 3.05) is 49.8 Å². The topological polar surface area (TPSA) is 419 Å². The fourth-order valence-corrected chi connectivity index (χ4v) is 12.5. The van der Waals surface area contributed by atoms with Crippen LogP contribution in [0.1, 0.15) is 109 Å². The number of carboxylic acids is 1. The summed E-state index contributed by atoms with van der Waals surface area (Å²) in [4.78, 5) is 172. The highest BCUT2D eigenvalue weighted by Crippen LogP contribution is 2.27. The molecule has 2 saturated heterocycles. The van der Waals surface area contributed by atoms with E-state index in [0.29, 0.717) is 43.8 Å². The normalized spacial score (nSPS) is 27.2. The lowest BCUT2D eigenvalue weighted by Crippen LogP contribution is -2.62. The van der Waals surface area contributed by atoms with Crippen molar-refractivity contribution >= 4 is 112 Å². The van der Waals surface area contributed by atoms with Crippen LogP contribution in [-0.2, 0) is 73.9 Å². The number of aliphatic hydroxyl groups is 1. The molecule has 5 rings (SSSR count). The number of carbonyl (C=O) groups excluding carboxylic acids is 11. The number of primary amides is 2. The molecule has 0 aromatic heterocycles. The fourth-order valence-electron chi connectivity index (χ4n) is 10.0. The summed E-state index contributed by atoms with van der Waals surface area (Å²) in [5.41, 5.74) is 12.7. The Bertz CT molecular complexity index is 2630. The summed E-state index contributed by atoms with van der Waals surface area (Å²) in [6.07, 6.45) is 3.14. The largest absolute Gasteiger partial charge is 0.494 e. The van der Waals surface area contributed by atoms with Crippen LogP contribution in [-0.4, -0.2) is 207 Å². The minimum atomic E-state index is -1.80. The number of oxime groups is 1. The average molecular weight is 1260 g/mol. The van der Waals surface area contributed by atoms with Gasteiger partial charge in [0.05, 0.1) is 19.1 Å². The zero-order chi connectivity index (χ0) is 63.0. The molecule has 2 fully saturated rings. The number of amides is 11. The second-order valence-electron chi connectivity index (χ2n) is 21.8. The number of carbonyl (C=O) groups is 12. The number of aliphatic carboxylic acids is 1. The molecule has 4 bridgehead atoms. The molecular weight excluding hydrogens is 1180 g/mol. The minimum Gasteiger partial charge on any atom is -0.494 e. The summed E-state index contributed by atoms with van der Waals surface area (Å²) in [5.74, 6) is -10.5. The molecule has 1 aromatic rings. The molecule has 4 heterocycles. The molecule has 28 nitrogen and oxygen atoms in total. The molecule has 476 valence electrons. The first-order chi connectivity index (χ1) is 41.0. The molecule has 0 unspecified atom stereocenters. The van der Waals surface area contributed by atoms with Gasteiger partial charge in [0.25, 0.3) is 5.91 Å². The second kappa shape index (κ2) is 35.1. The van der Waals surface area contributed by atoms with Gasteiger partial charge in [-0.25, -0.2) is 0 Å². The van der Waals surface area contributed by atoms with Crippen LogP contribution in [0.25, 0.3) is 0 Å². The van der Waals surface area contributed by atoms with Crippen LogP contribution in [0, 0.1) is 5.92 Å². The molecule has 4 aliphatic heterocycles. The van der Waals surface area contributed by atoms with Crippen LogP contribution in [0.2, 0.25) is 0 Å². The zero-order valence-electron chi connectivity index (χ0n) is 48.8. The van der Waals surface area contributed by atoms with Gasteiger partial charge in [-0.2, -0.15) is 35.3 Å². The molecule has 31 heteroatoms. The van der Waals surface area contributed by atoms with Crippen LogP contribution >= 0.6 is 35.3 Å². The Balaban J connectivity index is 1.57. The Labute approximate surface area is 511 Å². The number of aliphatic hydroxyl groups excluding tert-OH is 1. The number of thioether (sulfide) groups is 3. The highest BCUT2D eigenvalue weighted by atomic mass is 32.2. The Morgan fingerprint density at radius 1 is 0.674 bits per heavy atom. The van der Waals surface area contributed by atoms with Crippen molar-refractivity contribution in [3.05, 3.63) is 29.3 Å². The maximum atomic E-state index is 15.0. The molecule has 0 spiro atoms. The van der Waals surface area contributed by atoms with E-state index in [1.54, 1.807) is 20.1 Å². The van der Waals surface area contributed by atoms with Crippen molar-refractivity contribution in [2.45, 2.75) is 170 Å². The van der Waals surface area contributed by atoms with E-state index >= 15 is 0 Å². The fraction of sp³-hybridized carbons (Fsp3) is 0.655. The summed E-state index contributed by atoms with van der Waals surface area (Å²) in [6.45, 7) is 5.02. The molecule has 0 aliphatic carbocycles. The van der Waals surface area contributed by atoms with Gasteiger partial charge < -0.3 is 78.3 Å². The van der Waals surface area contributed by atoms with Gasteiger partial charge in [-0.15, -0.1) is 0 Å². The Kier molecular flexibility index (Phi) is 28.5. The number of carboxylic acid groups (broad SMARTS) is 1.